The molecule has 0 radical (unpaired) electrons. The van der Waals surface area contributed by atoms with Crippen molar-refractivity contribution in [3.8, 4) is 17.2 Å². The van der Waals surface area contributed by atoms with Crippen LogP contribution in [0.2, 0.25) is 0 Å². The van der Waals surface area contributed by atoms with E-state index < -0.39 is 0 Å². The van der Waals surface area contributed by atoms with Gasteiger partial charge >= 0.3 is 0 Å². The molecule has 138 valence electrons. The monoisotopic (exact) mass is 355 g/mol. The minimum atomic E-state index is -0.0908. The summed E-state index contributed by atoms with van der Waals surface area (Å²) in [5.41, 5.74) is 1.99. The molecule has 0 saturated heterocycles. The van der Waals surface area contributed by atoms with E-state index in [2.05, 4.69) is 0 Å². The van der Waals surface area contributed by atoms with E-state index in [1.54, 1.807) is 38.3 Å². The van der Waals surface area contributed by atoms with Crippen molar-refractivity contribution < 1.29 is 19.0 Å². The molecule has 0 heterocycles. The van der Waals surface area contributed by atoms with E-state index in [1.165, 1.54) is 0 Å². The van der Waals surface area contributed by atoms with Crippen molar-refractivity contribution in [2.24, 2.45) is 0 Å². The molecule has 0 aromatic heterocycles. The molecule has 2 aromatic carbocycles. The first-order valence-corrected chi connectivity index (χ1v) is 8.38. The van der Waals surface area contributed by atoms with Gasteiger partial charge in [-0.2, -0.15) is 0 Å². The molecule has 0 N–H and O–H groups in total. The molecule has 0 aliphatic rings. The average molecular weight is 355 g/mol. The smallest absolute Gasteiger partial charge is 0.246 e. The third kappa shape index (κ3) is 5.55. The zero-order chi connectivity index (χ0) is 18.9. The Morgan fingerprint density at radius 3 is 2.38 bits per heavy atom. The van der Waals surface area contributed by atoms with Crippen molar-refractivity contribution >= 4 is 12.0 Å². The second kappa shape index (κ2) is 9.51. The number of amides is 1. The van der Waals surface area contributed by atoms with Crippen LogP contribution in [0.1, 0.15) is 11.1 Å². The molecule has 0 spiro atoms. The van der Waals surface area contributed by atoms with Gasteiger partial charge in [0.1, 0.15) is 23.9 Å². The number of ether oxygens (including phenoxy) is 3. The number of hydrogen-bond donors (Lipinski definition) is 0. The zero-order valence-corrected chi connectivity index (χ0v) is 15.7. The second-order valence-electron chi connectivity index (χ2n) is 5.86. The summed E-state index contributed by atoms with van der Waals surface area (Å²) in [6.45, 7) is 2.90. The summed E-state index contributed by atoms with van der Waals surface area (Å²) in [7, 11) is 4.99. The molecule has 2 rings (SSSR count). The molecule has 2 aromatic rings. The van der Waals surface area contributed by atoms with Crippen LogP contribution in [0.25, 0.3) is 6.08 Å². The zero-order valence-electron chi connectivity index (χ0n) is 15.7. The maximum Gasteiger partial charge on any atom is 0.246 e. The third-order valence-electron chi connectivity index (χ3n) is 3.92. The van der Waals surface area contributed by atoms with Crippen molar-refractivity contribution in [1.82, 2.24) is 4.90 Å². The summed E-state index contributed by atoms with van der Waals surface area (Å²) >= 11 is 0. The minimum Gasteiger partial charge on any atom is -0.497 e. The normalized spacial score (nSPS) is 10.6. The molecule has 0 atom stereocenters. The summed E-state index contributed by atoms with van der Waals surface area (Å²) in [5.74, 6) is 2.17. The molecule has 0 aliphatic carbocycles. The minimum absolute atomic E-state index is 0.0908. The van der Waals surface area contributed by atoms with Crippen LogP contribution in [0.15, 0.2) is 48.5 Å². The summed E-state index contributed by atoms with van der Waals surface area (Å²) in [6.07, 6.45) is 3.32. The number of aryl methyl sites for hydroxylation is 1. The van der Waals surface area contributed by atoms with Crippen LogP contribution in [0.4, 0.5) is 0 Å². The number of rotatable bonds is 8. The van der Waals surface area contributed by atoms with E-state index in [-0.39, 0.29) is 5.91 Å². The Morgan fingerprint density at radius 1 is 1.04 bits per heavy atom. The van der Waals surface area contributed by atoms with Gasteiger partial charge < -0.3 is 19.1 Å². The molecule has 0 bridgehead atoms. The Bertz CT molecular complexity index is 753. The van der Waals surface area contributed by atoms with Gasteiger partial charge in [-0.05, 0) is 49.4 Å². The van der Waals surface area contributed by atoms with E-state index in [0.29, 0.717) is 13.2 Å². The number of nitrogens with zero attached hydrogens (tertiary/aromatic N) is 1. The van der Waals surface area contributed by atoms with Crippen molar-refractivity contribution in [2.45, 2.75) is 6.92 Å². The van der Waals surface area contributed by atoms with Gasteiger partial charge in [0, 0.05) is 18.7 Å². The summed E-state index contributed by atoms with van der Waals surface area (Å²) in [6, 6.07) is 13.2. The van der Waals surface area contributed by atoms with Gasteiger partial charge in [0.05, 0.1) is 20.8 Å². The third-order valence-corrected chi connectivity index (χ3v) is 3.92. The Kier molecular flexibility index (Phi) is 7.09. The fraction of sp³-hybridized carbons (Fsp3) is 0.286. The molecule has 1 amide bonds. The lowest BCUT2D eigenvalue weighted by Gasteiger charge is -2.16. The number of likely N-dealkylation sites (N-methyl/N-ethyl adjacent to an activating group) is 1. The van der Waals surface area contributed by atoms with Gasteiger partial charge in [0.15, 0.2) is 0 Å². The quantitative estimate of drug-likeness (QED) is 0.679. The van der Waals surface area contributed by atoms with E-state index in [0.717, 1.165) is 28.4 Å². The predicted octanol–water partition coefficient (Wildman–Crippen LogP) is 3.56. The highest BCUT2D eigenvalue weighted by Gasteiger charge is 2.06. The number of hydrogen-bond acceptors (Lipinski definition) is 4. The Balaban J connectivity index is 1.86. The van der Waals surface area contributed by atoms with Crippen molar-refractivity contribution in [3.05, 3.63) is 59.7 Å². The molecule has 0 saturated carbocycles. The SMILES string of the molecule is COc1ccc(OCCN(C)C(=O)/C=C/c2cc(C)ccc2OC)cc1. The number of benzene rings is 2. The van der Waals surface area contributed by atoms with Gasteiger partial charge in [-0.1, -0.05) is 11.6 Å². The van der Waals surface area contributed by atoms with Crippen molar-refractivity contribution in [2.75, 3.05) is 34.4 Å². The van der Waals surface area contributed by atoms with E-state index >= 15 is 0 Å². The lowest BCUT2D eigenvalue weighted by molar-refractivity contribution is -0.125. The molecule has 0 aliphatic heterocycles. The Labute approximate surface area is 154 Å². The van der Waals surface area contributed by atoms with Crippen LogP contribution in [0.3, 0.4) is 0 Å². The standard InChI is InChI=1S/C21H25NO4/c1-16-5-11-20(25-4)17(15-16)6-12-21(23)22(2)13-14-26-19-9-7-18(24-3)8-10-19/h5-12,15H,13-14H2,1-4H3/b12-6+. The van der Waals surface area contributed by atoms with Crippen LogP contribution in [-0.4, -0.2) is 45.2 Å². The van der Waals surface area contributed by atoms with E-state index in [4.69, 9.17) is 14.2 Å². The van der Waals surface area contributed by atoms with Crippen molar-refractivity contribution in [3.63, 3.8) is 0 Å². The summed E-state index contributed by atoms with van der Waals surface area (Å²) in [4.78, 5) is 13.9. The van der Waals surface area contributed by atoms with Crippen LogP contribution in [0.5, 0.6) is 17.2 Å². The Hall–Kier alpha value is -2.95. The summed E-state index contributed by atoms with van der Waals surface area (Å²) < 4.78 is 16.1. The molecule has 0 fully saturated rings. The summed E-state index contributed by atoms with van der Waals surface area (Å²) in [5, 5.41) is 0. The fourth-order valence-corrected chi connectivity index (χ4v) is 2.35. The largest absolute Gasteiger partial charge is 0.497 e. The maximum absolute atomic E-state index is 12.3. The number of carbonyl (C=O) groups excluding carboxylic acids is 1. The van der Waals surface area contributed by atoms with Crippen molar-refractivity contribution in [1.29, 1.82) is 0 Å². The molecular weight excluding hydrogens is 330 g/mol. The first kappa shape index (κ1) is 19.4. The molecule has 26 heavy (non-hydrogen) atoms. The number of carbonyl (C=O) groups is 1. The first-order valence-electron chi connectivity index (χ1n) is 8.38. The predicted molar refractivity (Wildman–Crippen MR) is 103 cm³/mol. The molecule has 5 nitrogen and oxygen atoms in total. The van der Waals surface area contributed by atoms with Gasteiger partial charge in [-0.3, -0.25) is 4.79 Å². The van der Waals surface area contributed by atoms with Gasteiger partial charge in [-0.15, -0.1) is 0 Å². The van der Waals surface area contributed by atoms with Crippen LogP contribution in [0, 0.1) is 6.92 Å². The van der Waals surface area contributed by atoms with E-state index in [9.17, 15) is 4.79 Å². The number of methoxy groups -OCH3 is 2. The van der Waals surface area contributed by atoms with Crippen LogP contribution in [-0.2, 0) is 4.79 Å². The highest BCUT2D eigenvalue weighted by Crippen LogP contribution is 2.21. The van der Waals surface area contributed by atoms with Crippen LogP contribution < -0.4 is 14.2 Å². The molecular formula is C21H25NO4. The lowest BCUT2D eigenvalue weighted by atomic mass is 10.1. The molecule has 0 unspecified atom stereocenters. The maximum atomic E-state index is 12.3. The highest BCUT2D eigenvalue weighted by atomic mass is 16.5. The van der Waals surface area contributed by atoms with Gasteiger partial charge in [0.25, 0.3) is 0 Å². The fourth-order valence-electron chi connectivity index (χ4n) is 2.35. The van der Waals surface area contributed by atoms with E-state index in [1.807, 2.05) is 49.4 Å². The Morgan fingerprint density at radius 2 is 1.73 bits per heavy atom. The first-order chi connectivity index (χ1) is 12.5. The van der Waals surface area contributed by atoms with Gasteiger partial charge in [0.2, 0.25) is 5.91 Å². The second-order valence-corrected chi connectivity index (χ2v) is 5.86. The molecule has 5 heteroatoms. The average Bonchev–Trinajstić information content (AvgIpc) is 2.66. The highest BCUT2D eigenvalue weighted by molar-refractivity contribution is 5.92. The lowest BCUT2D eigenvalue weighted by Crippen LogP contribution is -2.29. The van der Waals surface area contributed by atoms with Crippen LogP contribution >= 0.6 is 0 Å². The topological polar surface area (TPSA) is 48.0 Å². The van der Waals surface area contributed by atoms with Gasteiger partial charge in [-0.25, -0.2) is 0 Å².